The fourth-order valence-electron chi connectivity index (χ4n) is 2.62. The van der Waals surface area contributed by atoms with E-state index in [2.05, 4.69) is 20.8 Å². The number of fused-ring (bicyclic) bond motifs is 2. The van der Waals surface area contributed by atoms with E-state index in [-0.39, 0.29) is 0 Å². The topological polar surface area (TPSA) is 0 Å². The van der Waals surface area contributed by atoms with Crippen LogP contribution in [0.2, 0.25) is 0 Å². The Morgan fingerprint density at radius 1 is 0.769 bits per heavy atom. The molecule has 2 saturated carbocycles. The first-order valence-electron chi connectivity index (χ1n) is 6.18. The van der Waals surface area contributed by atoms with Gasteiger partial charge < -0.3 is 0 Å². The van der Waals surface area contributed by atoms with Crippen molar-refractivity contribution in [1.82, 2.24) is 0 Å². The predicted octanol–water partition coefficient (Wildman–Crippen LogP) is 4.64. The van der Waals surface area contributed by atoms with Crippen LogP contribution in [0.15, 0.2) is 0 Å². The van der Waals surface area contributed by atoms with Crippen LogP contribution in [0, 0.1) is 17.8 Å². The molecule has 2 rings (SSSR count). The van der Waals surface area contributed by atoms with Gasteiger partial charge in [-0.3, -0.25) is 0 Å². The van der Waals surface area contributed by atoms with Crippen LogP contribution in [0.1, 0.15) is 65.7 Å². The third kappa shape index (κ3) is 4.69. The molecule has 0 amide bonds. The summed E-state index contributed by atoms with van der Waals surface area (Å²) < 4.78 is 0. The van der Waals surface area contributed by atoms with E-state index >= 15 is 0 Å². The molecular formula is C13H26. The summed E-state index contributed by atoms with van der Waals surface area (Å²) in [5.74, 6) is 3.13. The standard InChI is InChI=1S/C9H16.C4H10/c1-3-8-5-2-6-9(4-1)7-8;1-4(2)3/h8-9H,1-7H2;4H,1-3H3. The highest BCUT2D eigenvalue weighted by molar-refractivity contribution is 4.77. The van der Waals surface area contributed by atoms with Crippen molar-refractivity contribution in [2.24, 2.45) is 17.8 Å². The quantitative estimate of drug-likeness (QED) is 0.512. The minimum absolute atomic E-state index is 0.833. The Kier molecular flexibility index (Phi) is 4.83. The van der Waals surface area contributed by atoms with E-state index < -0.39 is 0 Å². The van der Waals surface area contributed by atoms with Crippen LogP contribution >= 0.6 is 0 Å². The normalized spacial score (nSPS) is 32.3. The molecule has 0 radical (unpaired) electrons. The smallest absolute Gasteiger partial charge is 0.0412 e. The highest BCUT2D eigenvalue weighted by atomic mass is 14.3. The maximum absolute atomic E-state index is 2.17. The van der Waals surface area contributed by atoms with Crippen molar-refractivity contribution < 1.29 is 0 Å². The van der Waals surface area contributed by atoms with Gasteiger partial charge in [-0.2, -0.15) is 0 Å². The summed E-state index contributed by atoms with van der Waals surface area (Å²) in [6, 6.07) is 0. The molecular weight excluding hydrogens is 156 g/mol. The summed E-state index contributed by atoms with van der Waals surface area (Å²) in [4.78, 5) is 0. The molecule has 0 heteroatoms. The molecule has 2 aliphatic rings. The molecule has 0 aliphatic heterocycles. The molecule has 0 aromatic rings. The molecule has 0 spiro atoms. The Morgan fingerprint density at radius 3 is 1.31 bits per heavy atom. The lowest BCUT2D eigenvalue weighted by Gasteiger charge is -2.33. The second kappa shape index (κ2) is 5.67. The van der Waals surface area contributed by atoms with E-state index in [0.717, 1.165) is 17.8 Å². The molecule has 2 bridgehead atoms. The van der Waals surface area contributed by atoms with Crippen LogP contribution in [-0.2, 0) is 0 Å². The zero-order chi connectivity index (χ0) is 9.68. The van der Waals surface area contributed by atoms with Crippen molar-refractivity contribution >= 4 is 0 Å². The molecule has 0 atom stereocenters. The molecule has 0 unspecified atom stereocenters. The van der Waals surface area contributed by atoms with Crippen molar-refractivity contribution in [3.63, 3.8) is 0 Å². The molecule has 2 aliphatic carbocycles. The van der Waals surface area contributed by atoms with Crippen LogP contribution in [0.5, 0.6) is 0 Å². The van der Waals surface area contributed by atoms with Gasteiger partial charge in [-0.25, -0.2) is 0 Å². The average molecular weight is 182 g/mol. The van der Waals surface area contributed by atoms with Gasteiger partial charge in [0.25, 0.3) is 0 Å². The molecule has 78 valence electrons. The van der Waals surface area contributed by atoms with Crippen molar-refractivity contribution in [2.75, 3.05) is 0 Å². The molecule has 0 nitrogen and oxygen atoms in total. The van der Waals surface area contributed by atoms with Crippen molar-refractivity contribution in [2.45, 2.75) is 65.7 Å². The molecule has 0 heterocycles. The molecule has 2 fully saturated rings. The lowest BCUT2D eigenvalue weighted by Crippen LogP contribution is -2.20. The Labute approximate surface area is 84.1 Å². The lowest BCUT2D eigenvalue weighted by molar-refractivity contribution is 0.190. The molecule has 0 aromatic heterocycles. The second-order valence-corrected chi connectivity index (χ2v) is 5.56. The number of hydrogen-bond acceptors (Lipinski definition) is 0. The van der Waals surface area contributed by atoms with E-state index in [9.17, 15) is 0 Å². The summed E-state index contributed by atoms with van der Waals surface area (Å²) in [5, 5.41) is 0. The molecule has 0 N–H and O–H groups in total. The summed E-state index contributed by atoms with van der Waals surface area (Å²) in [6.45, 7) is 6.50. The van der Waals surface area contributed by atoms with Gasteiger partial charge in [0.05, 0.1) is 0 Å². The molecule has 0 saturated heterocycles. The Balaban J connectivity index is 0.000000184. The summed E-state index contributed by atoms with van der Waals surface area (Å²) in [6.07, 6.45) is 10.9. The largest absolute Gasteiger partial charge is 0.0630 e. The summed E-state index contributed by atoms with van der Waals surface area (Å²) in [7, 11) is 0. The number of rotatable bonds is 0. The van der Waals surface area contributed by atoms with Gasteiger partial charge in [0, 0.05) is 0 Å². The van der Waals surface area contributed by atoms with Gasteiger partial charge in [-0.15, -0.1) is 0 Å². The Bertz CT molecular complexity index is 103. The van der Waals surface area contributed by atoms with Crippen LogP contribution in [-0.4, -0.2) is 0 Å². The highest BCUT2D eigenvalue weighted by Crippen LogP contribution is 2.39. The monoisotopic (exact) mass is 182 g/mol. The second-order valence-electron chi connectivity index (χ2n) is 5.56. The van der Waals surface area contributed by atoms with Crippen LogP contribution in [0.4, 0.5) is 0 Å². The fourth-order valence-corrected chi connectivity index (χ4v) is 2.62. The Hall–Kier alpha value is 0. The van der Waals surface area contributed by atoms with Crippen LogP contribution in [0.25, 0.3) is 0 Å². The minimum Gasteiger partial charge on any atom is -0.0630 e. The fraction of sp³-hybridized carbons (Fsp3) is 1.00. The van der Waals surface area contributed by atoms with Crippen molar-refractivity contribution in [3.8, 4) is 0 Å². The van der Waals surface area contributed by atoms with Crippen molar-refractivity contribution in [1.29, 1.82) is 0 Å². The zero-order valence-electron chi connectivity index (χ0n) is 9.68. The van der Waals surface area contributed by atoms with Crippen LogP contribution < -0.4 is 0 Å². The first-order valence-corrected chi connectivity index (χ1v) is 6.18. The Morgan fingerprint density at radius 2 is 1.08 bits per heavy atom. The maximum atomic E-state index is 2.17. The van der Waals surface area contributed by atoms with Gasteiger partial charge in [-0.05, 0) is 24.2 Å². The van der Waals surface area contributed by atoms with Gasteiger partial charge in [-0.1, -0.05) is 59.3 Å². The molecule has 13 heavy (non-hydrogen) atoms. The predicted molar refractivity (Wildman–Crippen MR) is 59.8 cm³/mol. The van der Waals surface area contributed by atoms with Gasteiger partial charge in [0.15, 0.2) is 0 Å². The van der Waals surface area contributed by atoms with E-state index in [1.807, 2.05) is 0 Å². The van der Waals surface area contributed by atoms with E-state index in [4.69, 9.17) is 0 Å². The average Bonchev–Trinajstić information content (AvgIpc) is 2.03. The third-order valence-electron chi connectivity index (χ3n) is 3.12. The van der Waals surface area contributed by atoms with Crippen molar-refractivity contribution in [3.05, 3.63) is 0 Å². The van der Waals surface area contributed by atoms with E-state index in [1.165, 1.54) is 12.8 Å². The van der Waals surface area contributed by atoms with Gasteiger partial charge in [0.1, 0.15) is 0 Å². The first-order chi connectivity index (χ1) is 6.18. The van der Waals surface area contributed by atoms with E-state index in [0.29, 0.717) is 0 Å². The molecule has 0 aromatic carbocycles. The van der Waals surface area contributed by atoms with E-state index in [1.54, 1.807) is 32.1 Å². The third-order valence-corrected chi connectivity index (χ3v) is 3.12. The van der Waals surface area contributed by atoms with Gasteiger partial charge >= 0.3 is 0 Å². The van der Waals surface area contributed by atoms with Crippen LogP contribution in [0.3, 0.4) is 0 Å². The van der Waals surface area contributed by atoms with Gasteiger partial charge in [0.2, 0.25) is 0 Å². The number of hydrogen-bond donors (Lipinski definition) is 0. The minimum atomic E-state index is 0.833. The first kappa shape index (κ1) is 11.1. The summed E-state index contributed by atoms with van der Waals surface area (Å²) in [5.41, 5.74) is 0. The zero-order valence-corrected chi connectivity index (χ0v) is 9.68. The summed E-state index contributed by atoms with van der Waals surface area (Å²) >= 11 is 0. The maximum Gasteiger partial charge on any atom is -0.0412 e. The highest BCUT2D eigenvalue weighted by Gasteiger charge is 2.25. The lowest BCUT2D eigenvalue weighted by atomic mass is 9.72. The SMILES string of the molecule is C1CC2CCCC(C1)C2.CC(C)C.